The van der Waals surface area contributed by atoms with Crippen molar-refractivity contribution in [3.8, 4) is 0 Å². The van der Waals surface area contributed by atoms with Gasteiger partial charge in [-0.1, -0.05) is 0 Å². The number of halogens is 2. The van der Waals surface area contributed by atoms with Crippen molar-refractivity contribution in [3.05, 3.63) is 23.8 Å². The Bertz CT molecular complexity index is 501. The van der Waals surface area contributed by atoms with Crippen LogP contribution in [0.5, 0.6) is 0 Å². The topological polar surface area (TPSA) is 45.0 Å². The molecule has 3 aliphatic rings. The van der Waals surface area contributed by atoms with Gasteiger partial charge in [0.25, 0.3) is 3.84 Å². The average Bonchev–Trinajstić information content (AvgIpc) is 2.48. The van der Waals surface area contributed by atoms with E-state index < -0.39 is 5.60 Å². The standard InChI is InChI=1S/C11H12ClIN3O/c1-11(17)4-7(5-11)9-8-6-14-2-3-16(8,12)10(13)15-9/h2-3,6-7,17H,4-5H2,1H3/q+1. The molecule has 4 nitrogen and oxygen atoms in total. The highest BCUT2D eigenvalue weighted by molar-refractivity contribution is 14.1. The number of hydrogen-bond acceptors (Lipinski definition) is 3. The second kappa shape index (κ2) is 3.63. The number of rotatable bonds is 1. The Hall–Kier alpha value is -0.240. The zero-order valence-electron chi connectivity index (χ0n) is 9.27. The Morgan fingerprint density at radius 3 is 2.94 bits per heavy atom. The molecule has 0 aromatic heterocycles. The van der Waals surface area contributed by atoms with E-state index >= 15 is 0 Å². The lowest BCUT2D eigenvalue weighted by molar-refractivity contribution is -0.594. The van der Waals surface area contributed by atoms with Crippen LogP contribution in [0.1, 0.15) is 19.8 Å². The van der Waals surface area contributed by atoms with E-state index in [9.17, 15) is 5.11 Å². The Kier molecular flexibility index (Phi) is 2.52. The molecule has 0 radical (unpaired) electrons. The van der Waals surface area contributed by atoms with Crippen LogP contribution in [-0.4, -0.2) is 24.8 Å². The lowest BCUT2D eigenvalue weighted by Crippen LogP contribution is -2.42. The second-order valence-electron chi connectivity index (χ2n) is 4.97. The molecule has 1 unspecified atom stereocenters. The lowest BCUT2D eigenvalue weighted by Gasteiger charge is -2.40. The fourth-order valence-electron chi connectivity index (χ4n) is 2.53. The van der Waals surface area contributed by atoms with E-state index in [-0.39, 0.29) is 4.00 Å². The molecule has 1 N–H and O–H groups in total. The van der Waals surface area contributed by atoms with E-state index in [0.717, 1.165) is 28.1 Å². The minimum Gasteiger partial charge on any atom is -0.390 e. The number of aliphatic imine (C=N–C) groups is 2. The predicted octanol–water partition coefficient (Wildman–Crippen LogP) is 2.69. The van der Waals surface area contributed by atoms with E-state index in [2.05, 4.69) is 32.6 Å². The van der Waals surface area contributed by atoms with Gasteiger partial charge in [-0.3, -0.25) is 4.99 Å². The fourth-order valence-corrected chi connectivity index (χ4v) is 3.43. The molecular weight excluding hydrogens is 352 g/mol. The number of aliphatic hydroxyl groups is 1. The van der Waals surface area contributed by atoms with Gasteiger partial charge in [-0.2, -0.15) is 4.99 Å². The molecule has 6 heteroatoms. The SMILES string of the molecule is CC1(O)CC(C2=C3C=NC=C[N+]3(Cl)C(I)=N2)C1. The number of hydrogen-bond donors (Lipinski definition) is 1. The average molecular weight is 365 g/mol. The van der Waals surface area contributed by atoms with Crippen molar-refractivity contribution in [2.45, 2.75) is 25.4 Å². The van der Waals surface area contributed by atoms with Gasteiger partial charge in [0.05, 0.1) is 40.6 Å². The highest BCUT2D eigenvalue weighted by Crippen LogP contribution is 2.48. The van der Waals surface area contributed by atoms with E-state index in [0.29, 0.717) is 5.92 Å². The van der Waals surface area contributed by atoms with Crippen molar-refractivity contribution in [1.82, 2.24) is 0 Å². The van der Waals surface area contributed by atoms with Gasteiger partial charge in [-0.05, 0) is 19.8 Å². The molecule has 1 fully saturated rings. The van der Waals surface area contributed by atoms with E-state index in [1.54, 1.807) is 12.4 Å². The molecular formula is C11H12ClIN3O+. The van der Waals surface area contributed by atoms with Gasteiger partial charge >= 0.3 is 0 Å². The third-order valence-corrected chi connectivity index (χ3v) is 5.15. The van der Waals surface area contributed by atoms with Gasteiger partial charge in [-0.25, -0.2) is 0 Å². The highest BCUT2D eigenvalue weighted by atomic mass is 127. The molecule has 2 aliphatic heterocycles. The first kappa shape index (κ1) is 11.8. The van der Waals surface area contributed by atoms with Crippen LogP contribution in [0.3, 0.4) is 0 Å². The molecule has 1 aliphatic carbocycles. The van der Waals surface area contributed by atoms with E-state index in [1.807, 2.05) is 13.1 Å². The van der Waals surface area contributed by atoms with E-state index in [1.165, 1.54) is 0 Å². The molecule has 2 heterocycles. The predicted molar refractivity (Wildman–Crippen MR) is 75.6 cm³/mol. The van der Waals surface area contributed by atoms with Crippen molar-refractivity contribution >= 4 is 44.4 Å². The monoisotopic (exact) mass is 364 g/mol. The fraction of sp³-hybridized carbons (Fsp3) is 0.455. The molecule has 1 saturated carbocycles. The summed E-state index contributed by atoms with van der Waals surface area (Å²) in [4.78, 5) is 8.69. The van der Waals surface area contributed by atoms with Gasteiger partial charge < -0.3 is 5.11 Å². The van der Waals surface area contributed by atoms with Crippen LogP contribution in [-0.2, 0) is 0 Å². The third-order valence-electron chi connectivity index (χ3n) is 3.41. The smallest absolute Gasteiger partial charge is 0.292 e. The van der Waals surface area contributed by atoms with Crippen LogP contribution < -0.4 is 0 Å². The van der Waals surface area contributed by atoms with Gasteiger partial charge in [0.15, 0.2) is 11.8 Å². The molecule has 0 aromatic carbocycles. The first-order chi connectivity index (χ1) is 7.92. The molecule has 0 bridgehead atoms. The van der Waals surface area contributed by atoms with Crippen molar-refractivity contribution in [3.63, 3.8) is 0 Å². The molecule has 0 spiro atoms. The van der Waals surface area contributed by atoms with Crippen molar-refractivity contribution < 1.29 is 9.11 Å². The summed E-state index contributed by atoms with van der Waals surface area (Å²) in [6, 6.07) is 0. The normalized spacial score (nSPS) is 43.5. The maximum atomic E-state index is 9.81. The summed E-state index contributed by atoms with van der Waals surface area (Å²) in [5.74, 6) is 0.293. The van der Waals surface area contributed by atoms with Crippen LogP contribution in [0.15, 0.2) is 33.8 Å². The Balaban J connectivity index is 1.98. The van der Waals surface area contributed by atoms with E-state index in [4.69, 9.17) is 11.8 Å². The van der Waals surface area contributed by atoms with Crippen molar-refractivity contribution in [2.75, 3.05) is 0 Å². The first-order valence-electron chi connectivity index (χ1n) is 5.43. The van der Waals surface area contributed by atoms with Crippen LogP contribution in [0, 0.1) is 5.92 Å². The first-order valence-corrected chi connectivity index (χ1v) is 6.85. The summed E-state index contributed by atoms with van der Waals surface area (Å²) < 4.78 is 0.904. The number of fused-ring (bicyclic) bond motifs is 1. The molecule has 1 atom stereocenters. The summed E-state index contributed by atoms with van der Waals surface area (Å²) in [6.07, 6.45) is 6.75. The summed E-state index contributed by atoms with van der Waals surface area (Å²) in [5.41, 5.74) is 1.34. The third kappa shape index (κ3) is 1.71. The van der Waals surface area contributed by atoms with Crippen molar-refractivity contribution in [1.29, 1.82) is 0 Å². The minimum absolute atomic E-state index is 0.0953. The summed E-state index contributed by atoms with van der Waals surface area (Å²) in [7, 11) is 0. The van der Waals surface area contributed by atoms with Gasteiger partial charge in [0.2, 0.25) is 5.70 Å². The zero-order valence-corrected chi connectivity index (χ0v) is 12.2. The minimum atomic E-state index is -0.550. The zero-order chi connectivity index (χ0) is 12.3. The van der Waals surface area contributed by atoms with Crippen LogP contribution >= 0.6 is 34.4 Å². The van der Waals surface area contributed by atoms with Gasteiger partial charge in [-0.15, -0.1) is 4.00 Å². The Morgan fingerprint density at radius 1 is 1.59 bits per heavy atom. The summed E-state index contributed by atoms with van der Waals surface area (Å²) >= 11 is 8.67. The molecule has 0 saturated heterocycles. The molecule has 90 valence electrons. The van der Waals surface area contributed by atoms with Crippen LogP contribution in [0.4, 0.5) is 0 Å². The molecule has 3 rings (SSSR count). The lowest BCUT2D eigenvalue weighted by atomic mass is 9.70. The largest absolute Gasteiger partial charge is 0.390 e. The highest BCUT2D eigenvalue weighted by Gasteiger charge is 2.50. The van der Waals surface area contributed by atoms with Crippen LogP contribution in [0.2, 0.25) is 0 Å². The maximum absolute atomic E-state index is 9.81. The van der Waals surface area contributed by atoms with Gasteiger partial charge in [0, 0.05) is 5.92 Å². The molecule has 0 aromatic rings. The number of quaternary nitrogens is 1. The Morgan fingerprint density at radius 2 is 2.29 bits per heavy atom. The van der Waals surface area contributed by atoms with Gasteiger partial charge in [0.1, 0.15) is 11.9 Å². The second-order valence-corrected chi connectivity index (χ2v) is 6.46. The Labute approximate surface area is 118 Å². The number of amidine groups is 1. The number of allylic oxidation sites excluding steroid dienone is 2. The summed E-state index contributed by atoms with van der Waals surface area (Å²) in [6.45, 7) is 1.86. The van der Waals surface area contributed by atoms with Crippen molar-refractivity contribution in [2.24, 2.45) is 15.9 Å². The number of nitrogens with zero attached hydrogens (tertiary/aromatic N) is 3. The summed E-state index contributed by atoms with van der Waals surface area (Å²) in [5, 5.41) is 9.81. The van der Waals surface area contributed by atoms with Crippen LogP contribution in [0.25, 0.3) is 0 Å². The maximum Gasteiger partial charge on any atom is 0.292 e. The molecule has 0 amide bonds. The quantitative estimate of drug-likeness (QED) is 0.434. The molecule has 17 heavy (non-hydrogen) atoms.